The highest BCUT2D eigenvalue weighted by molar-refractivity contribution is 6.21. The van der Waals surface area contributed by atoms with Crippen LogP contribution in [0.2, 0.25) is 0 Å². The Hall–Kier alpha value is -2.44. The number of rotatable bonds is 4. The number of halogens is 3. The molecule has 2 amide bonds. The summed E-state index contributed by atoms with van der Waals surface area (Å²) in [6.45, 7) is -0.0754. The van der Waals surface area contributed by atoms with Crippen LogP contribution in [0.25, 0.3) is 0 Å². The van der Waals surface area contributed by atoms with Crippen molar-refractivity contribution < 1.29 is 27.6 Å². The fourth-order valence-corrected chi connectivity index (χ4v) is 1.93. The Kier molecular flexibility index (Phi) is 3.93. The third kappa shape index (κ3) is 3.01. The number of allylic oxidation sites excluding steroid dienone is 1. The van der Waals surface area contributed by atoms with E-state index in [4.69, 9.17) is 0 Å². The van der Waals surface area contributed by atoms with Crippen LogP contribution in [-0.2, 0) is 4.79 Å². The molecule has 0 aromatic heterocycles. The number of amides is 2. The molecule has 0 saturated heterocycles. The van der Waals surface area contributed by atoms with E-state index in [0.717, 1.165) is 11.0 Å². The van der Waals surface area contributed by atoms with Crippen molar-refractivity contribution in [2.75, 3.05) is 6.54 Å². The zero-order chi connectivity index (χ0) is 15.6. The smallest absolute Gasteiger partial charge is 0.285 e. The van der Waals surface area contributed by atoms with E-state index in [0.29, 0.717) is 6.08 Å². The lowest BCUT2D eigenvalue weighted by Crippen LogP contribution is -2.30. The monoisotopic (exact) mass is 297 g/mol. The second-order valence-corrected chi connectivity index (χ2v) is 4.36. The first kappa shape index (κ1) is 15.0. The first-order valence-electron chi connectivity index (χ1n) is 6.05. The van der Waals surface area contributed by atoms with Crippen LogP contribution in [0.5, 0.6) is 0 Å². The maximum Gasteiger partial charge on any atom is 0.454 e. The largest absolute Gasteiger partial charge is 0.454 e. The van der Waals surface area contributed by atoms with Crippen LogP contribution in [0.3, 0.4) is 0 Å². The second-order valence-electron chi connectivity index (χ2n) is 4.36. The van der Waals surface area contributed by atoms with E-state index >= 15 is 0 Å². The van der Waals surface area contributed by atoms with Gasteiger partial charge in [-0.25, -0.2) is 0 Å². The number of alkyl halides is 3. The van der Waals surface area contributed by atoms with Crippen molar-refractivity contribution >= 4 is 17.6 Å². The molecule has 0 N–H and O–H groups in total. The normalized spacial score (nSPS) is 14.9. The quantitative estimate of drug-likeness (QED) is 0.633. The topological polar surface area (TPSA) is 54.5 Å². The lowest BCUT2D eigenvalue weighted by molar-refractivity contribution is -0.165. The summed E-state index contributed by atoms with van der Waals surface area (Å²) in [6, 6.07) is 6.27. The van der Waals surface area contributed by atoms with Gasteiger partial charge in [-0.1, -0.05) is 18.2 Å². The van der Waals surface area contributed by atoms with Gasteiger partial charge in [0.1, 0.15) is 0 Å². The zero-order valence-electron chi connectivity index (χ0n) is 10.7. The molecule has 0 spiro atoms. The number of carbonyl (C=O) groups excluding carboxylic acids is 3. The summed E-state index contributed by atoms with van der Waals surface area (Å²) in [7, 11) is 0. The molecule has 0 bridgehead atoms. The third-order valence-electron chi connectivity index (χ3n) is 2.95. The van der Waals surface area contributed by atoms with Gasteiger partial charge >= 0.3 is 6.18 Å². The second kappa shape index (κ2) is 5.51. The van der Waals surface area contributed by atoms with Gasteiger partial charge in [0.2, 0.25) is 0 Å². The van der Waals surface area contributed by atoms with Crippen molar-refractivity contribution in [3.63, 3.8) is 0 Å². The van der Waals surface area contributed by atoms with Gasteiger partial charge in [-0.05, 0) is 24.6 Å². The molecule has 2 rings (SSSR count). The molecular weight excluding hydrogens is 287 g/mol. The summed E-state index contributed by atoms with van der Waals surface area (Å²) in [5, 5.41) is 0. The average molecular weight is 297 g/mol. The number of benzene rings is 1. The lowest BCUT2D eigenvalue weighted by Gasteiger charge is -2.11. The number of ketones is 1. The van der Waals surface area contributed by atoms with E-state index < -0.39 is 23.8 Å². The molecule has 4 nitrogen and oxygen atoms in total. The van der Waals surface area contributed by atoms with E-state index in [1.54, 1.807) is 12.1 Å². The van der Waals surface area contributed by atoms with Gasteiger partial charge < -0.3 is 0 Å². The van der Waals surface area contributed by atoms with Crippen molar-refractivity contribution in [2.24, 2.45) is 0 Å². The van der Waals surface area contributed by atoms with Gasteiger partial charge in [0, 0.05) is 6.54 Å². The molecule has 0 unspecified atom stereocenters. The molecule has 1 aliphatic heterocycles. The molecule has 0 fully saturated rings. The predicted molar refractivity (Wildman–Crippen MR) is 66.6 cm³/mol. The standard InChI is InChI=1S/C14H10F3NO3/c15-14(16,17)11(19)7-3-4-8-18-12(20)9-5-1-2-6-10(9)13(18)21/h1-3,5-7H,4,8H2/b7-3+. The predicted octanol–water partition coefficient (Wildman–Crippen LogP) is 2.36. The van der Waals surface area contributed by atoms with Crippen LogP contribution in [-0.4, -0.2) is 35.2 Å². The highest BCUT2D eigenvalue weighted by atomic mass is 19.4. The molecule has 0 atom stereocenters. The Balaban J connectivity index is 1.97. The molecule has 110 valence electrons. The molecule has 1 aromatic carbocycles. The van der Waals surface area contributed by atoms with Crippen LogP contribution in [0.1, 0.15) is 27.1 Å². The van der Waals surface area contributed by atoms with Gasteiger partial charge in [0.25, 0.3) is 17.6 Å². The Morgan fingerprint density at radius 1 is 1.10 bits per heavy atom. The number of nitrogens with zero attached hydrogens (tertiary/aromatic N) is 1. The Bertz CT molecular complexity index is 600. The third-order valence-corrected chi connectivity index (χ3v) is 2.95. The first-order valence-corrected chi connectivity index (χ1v) is 6.05. The fraction of sp³-hybridized carbons (Fsp3) is 0.214. The van der Waals surface area contributed by atoms with Crippen LogP contribution in [0, 0.1) is 0 Å². The summed E-state index contributed by atoms with van der Waals surface area (Å²) in [4.78, 5) is 35.4. The average Bonchev–Trinajstić information content (AvgIpc) is 2.67. The summed E-state index contributed by atoms with van der Waals surface area (Å²) in [6.07, 6.45) is -3.53. The molecule has 1 aliphatic rings. The number of fused-ring (bicyclic) bond motifs is 1. The first-order chi connectivity index (χ1) is 9.82. The minimum absolute atomic E-state index is 0.0205. The van der Waals surface area contributed by atoms with E-state index in [9.17, 15) is 27.6 Å². The fourth-order valence-electron chi connectivity index (χ4n) is 1.93. The Morgan fingerprint density at radius 2 is 1.62 bits per heavy atom. The maximum atomic E-state index is 12.0. The molecule has 7 heteroatoms. The van der Waals surface area contributed by atoms with Crippen LogP contribution < -0.4 is 0 Å². The molecular formula is C14H10F3NO3. The highest BCUT2D eigenvalue weighted by Gasteiger charge is 2.36. The highest BCUT2D eigenvalue weighted by Crippen LogP contribution is 2.22. The molecule has 0 radical (unpaired) electrons. The van der Waals surface area contributed by atoms with E-state index in [1.165, 1.54) is 12.1 Å². The van der Waals surface area contributed by atoms with Gasteiger partial charge in [0.05, 0.1) is 11.1 Å². The van der Waals surface area contributed by atoms with Crippen molar-refractivity contribution in [1.82, 2.24) is 4.90 Å². The molecule has 1 heterocycles. The van der Waals surface area contributed by atoms with Crippen LogP contribution >= 0.6 is 0 Å². The number of hydrogen-bond donors (Lipinski definition) is 0. The number of carbonyl (C=O) groups is 3. The van der Waals surface area contributed by atoms with Crippen LogP contribution in [0.4, 0.5) is 13.2 Å². The lowest BCUT2D eigenvalue weighted by atomic mass is 10.1. The molecule has 1 aromatic rings. The summed E-state index contributed by atoms with van der Waals surface area (Å²) < 4.78 is 35.9. The maximum absolute atomic E-state index is 12.0. The van der Waals surface area contributed by atoms with Gasteiger partial charge in [-0.3, -0.25) is 19.3 Å². The molecule has 0 saturated carbocycles. The van der Waals surface area contributed by atoms with E-state index in [-0.39, 0.29) is 24.1 Å². The van der Waals surface area contributed by atoms with Crippen molar-refractivity contribution in [3.8, 4) is 0 Å². The summed E-state index contributed by atoms with van der Waals surface area (Å²) in [5.74, 6) is -2.93. The van der Waals surface area contributed by atoms with Gasteiger partial charge in [-0.15, -0.1) is 0 Å². The van der Waals surface area contributed by atoms with Crippen LogP contribution in [0.15, 0.2) is 36.4 Å². The number of imide groups is 1. The Morgan fingerprint density at radius 3 is 2.10 bits per heavy atom. The minimum atomic E-state index is -4.91. The number of hydrogen-bond acceptors (Lipinski definition) is 3. The van der Waals surface area contributed by atoms with E-state index in [1.807, 2.05) is 0 Å². The molecule has 0 aliphatic carbocycles. The van der Waals surface area contributed by atoms with Gasteiger partial charge in [-0.2, -0.15) is 13.2 Å². The van der Waals surface area contributed by atoms with Crippen molar-refractivity contribution in [1.29, 1.82) is 0 Å². The molecule has 21 heavy (non-hydrogen) atoms. The SMILES string of the molecule is O=C1c2ccccc2C(=O)N1CC/C=C/C(=O)C(F)(F)F. The summed E-state index contributed by atoms with van der Waals surface area (Å²) in [5.41, 5.74) is 0.552. The minimum Gasteiger partial charge on any atom is -0.285 e. The van der Waals surface area contributed by atoms with Gasteiger partial charge in [0.15, 0.2) is 0 Å². The van der Waals surface area contributed by atoms with Crippen molar-refractivity contribution in [2.45, 2.75) is 12.6 Å². The van der Waals surface area contributed by atoms with Crippen molar-refractivity contribution in [3.05, 3.63) is 47.5 Å². The van der Waals surface area contributed by atoms with E-state index in [2.05, 4.69) is 0 Å². The Labute approximate surface area is 117 Å². The zero-order valence-corrected chi connectivity index (χ0v) is 10.7. The summed E-state index contributed by atoms with van der Waals surface area (Å²) >= 11 is 0.